The summed E-state index contributed by atoms with van der Waals surface area (Å²) in [6.45, 7) is 3.01. The van der Waals surface area contributed by atoms with Gasteiger partial charge in [-0.15, -0.1) is 0 Å². The molecule has 2 rings (SSSR count). The Morgan fingerprint density at radius 2 is 2.26 bits per heavy atom. The first-order valence-electron chi connectivity index (χ1n) is 6.36. The molecule has 1 fully saturated rings. The fourth-order valence-electron chi connectivity index (χ4n) is 1.90. The van der Waals surface area contributed by atoms with Crippen LogP contribution < -0.4 is 10.1 Å². The Labute approximate surface area is 111 Å². The highest BCUT2D eigenvalue weighted by Crippen LogP contribution is 2.45. The predicted octanol–water partition coefficient (Wildman–Crippen LogP) is 2.18. The van der Waals surface area contributed by atoms with Crippen molar-refractivity contribution in [3.63, 3.8) is 0 Å². The lowest BCUT2D eigenvalue weighted by Crippen LogP contribution is -2.19. The molecule has 1 aliphatic carbocycles. The highest BCUT2D eigenvalue weighted by molar-refractivity contribution is 5.58. The third kappa shape index (κ3) is 3.14. The first-order valence-corrected chi connectivity index (χ1v) is 6.36. The van der Waals surface area contributed by atoms with Gasteiger partial charge < -0.3 is 15.2 Å². The van der Waals surface area contributed by atoms with Crippen LogP contribution in [0, 0.1) is 15.5 Å². The number of hydrogen-bond acceptors (Lipinski definition) is 5. The zero-order valence-corrected chi connectivity index (χ0v) is 10.9. The number of anilines is 1. The van der Waals surface area contributed by atoms with Crippen molar-refractivity contribution in [2.75, 3.05) is 25.1 Å². The Morgan fingerprint density at radius 1 is 1.53 bits per heavy atom. The van der Waals surface area contributed by atoms with E-state index < -0.39 is 4.92 Å². The molecule has 6 nitrogen and oxygen atoms in total. The number of nitrogens with one attached hydrogen (secondary N) is 1. The van der Waals surface area contributed by atoms with Gasteiger partial charge in [0.15, 0.2) is 5.75 Å². The molecule has 2 N–H and O–H groups in total. The molecule has 1 aliphatic rings. The maximum atomic E-state index is 10.9. The van der Waals surface area contributed by atoms with Crippen molar-refractivity contribution in [1.29, 1.82) is 0 Å². The first kappa shape index (κ1) is 13.6. The van der Waals surface area contributed by atoms with Crippen molar-refractivity contribution in [1.82, 2.24) is 0 Å². The van der Waals surface area contributed by atoms with Crippen LogP contribution in [-0.2, 0) is 0 Å². The molecule has 0 aliphatic heterocycles. The molecule has 0 unspecified atom stereocenters. The molecule has 0 heterocycles. The molecule has 0 atom stereocenters. The van der Waals surface area contributed by atoms with Gasteiger partial charge in [-0.3, -0.25) is 10.1 Å². The Hall–Kier alpha value is -1.82. The molecule has 19 heavy (non-hydrogen) atoms. The molecule has 1 aromatic carbocycles. The van der Waals surface area contributed by atoms with Crippen LogP contribution in [0.1, 0.15) is 19.8 Å². The molecule has 104 valence electrons. The van der Waals surface area contributed by atoms with Crippen LogP contribution in [0.2, 0.25) is 0 Å². The van der Waals surface area contributed by atoms with Gasteiger partial charge in [0.25, 0.3) is 0 Å². The number of hydrogen-bond donors (Lipinski definition) is 2. The summed E-state index contributed by atoms with van der Waals surface area (Å²) < 4.78 is 5.28. The second-order valence-electron chi connectivity index (χ2n) is 4.88. The van der Waals surface area contributed by atoms with E-state index >= 15 is 0 Å². The van der Waals surface area contributed by atoms with Crippen LogP contribution >= 0.6 is 0 Å². The van der Waals surface area contributed by atoms with Gasteiger partial charge in [0.1, 0.15) is 0 Å². The van der Waals surface area contributed by atoms with Gasteiger partial charge in [0.2, 0.25) is 0 Å². The van der Waals surface area contributed by atoms with Crippen molar-refractivity contribution in [2.24, 2.45) is 5.41 Å². The SMILES string of the molecule is CCOc1cc(NCC2(CO)CC2)ccc1[N+](=O)[O-]. The Bertz CT molecular complexity index is 472. The van der Waals surface area contributed by atoms with E-state index in [2.05, 4.69) is 5.32 Å². The van der Waals surface area contributed by atoms with E-state index in [1.165, 1.54) is 6.07 Å². The van der Waals surface area contributed by atoms with Gasteiger partial charge in [-0.05, 0) is 25.8 Å². The summed E-state index contributed by atoms with van der Waals surface area (Å²) in [6, 6.07) is 4.73. The van der Waals surface area contributed by atoms with E-state index in [1.54, 1.807) is 19.1 Å². The second-order valence-corrected chi connectivity index (χ2v) is 4.88. The summed E-state index contributed by atoms with van der Waals surface area (Å²) in [5.41, 5.74) is 0.734. The van der Waals surface area contributed by atoms with Crippen LogP contribution in [-0.4, -0.2) is 29.8 Å². The van der Waals surface area contributed by atoms with E-state index in [4.69, 9.17) is 4.74 Å². The van der Waals surface area contributed by atoms with Gasteiger partial charge in [0.05, 0.1) is 18.1 Å². The van der Waals surface area contributed by atoms with Gasteiger partial charge in [0, 0.05) is 29.8 Å². The molecule has 1 saturated carbocycles. The van der Waals surface area contributed by atoms with Crippen molar-refractivity contribution < 1.29 is 14.8 Å². The number of ether oxygens (including phenoxy) is 1. The average Bonchev–Trinajstić information content (AvgIpc) is 3.17. The van der Waals surface area contributed by atoms with Crippen LogP contribution in [0.4, 0.5) is 11.4 Å². The number of benzene rings is 1. The lowest BCUT2D eigenvalue weighted by molar-refractivity contribution is -0.385. The molecular weight excluding hydrogens is 248 g/mol. The quantitative estimate of drug-likeness (QED) is 0.583. The minimum Gasteiger partial charge on any atom is -0.487 e. The summed E-state index contributed by atoms with van der Waals surface area (Å²) in [5, 5.41) is 23.3. The minimum atomic E-state index is -0.453. The summed E-state index contributed by atoms with van der Waals surface area (Å²) in [6.07, 6.45) is 2.03. The van der Waals surface area contributed by atoms with Gasteiger partial charge in [-0.25, -0.2) is 0 Å². The highest BCUT2D eigenvalue weighted by Gasteiger charge is 2.41. The zero-order valence-electron chi connectivity index (χ0n) is 10.9. The standard InChI is InChI=1S/C13H18N2O4/c1-2-19-12-7-10(3-4-11(12)15(17)18)14-8-13(9-16)5-6-13/h3-4,7,14,16H,2,5-6,8-9H2,1H3. The van der Waals surface area contributed by atoms with Crippen LogP contribution in [0.5, 0.6) is 5.75 Å². The van der Waals surface area contributed by atoms with Crippen LogP contribution in [0.15, 0.2) is 18.2 Å². The molecule has 6 heteroatoms. The number of nitro benzene ring substituents is 1. The molecule has 0 spiro atoms. The summed E-state index contributed by atoms with van der Waals surface area (Å²) in [5.74, 6) is 0.270. The molecule has 0 amide bonds. The molecule has 0 saturated heterocycles. The summed E-state index contributed by atoms with van der Waals surface area (Å²) in [7, 11) is 0. The Kier molecular flexibility index (Phi) is 3.90. The van der Waals surface area contributed by atoms with E-state index in [0.29, 0.717) is 13.2 Å². The van der Waals surface area contributed by atoms with E-state index in [0.717, 1.165) is 18.5 Å². The highest BCUT2D eigenvalue weighted by atomic mass is 16.6. The van der Waals surface area contributed by atoms with Gasteiger partial charge in [-0.2, -0.15) is 0 Å². The minimum absolute atomic E-state index is 0.00640. The maximum absolute atomic E-state index is 10.9. The number of aliphatic hydroxyl groups excluding tert-OH is 1. The number of nitro groups is 1. The third-order valence-electron chi connectivity index (χ3n) is 3.42. The zero-order chi connectivity index (χ0) is 13.9. The number of rotatable bonds is 7. The molecule has 0 aromatic heterocycles. The van der Waals surface area contributed by atoms with Crippen molar-refractivity contribution in [3.05, 3.63) is 28.3 Å². The first-order chi connectivity index (χ1) is 9.10. The van der Waals surface area contributed by atoms with Crippen molar-refractivity contribution in [3.8, 4) is 5.75 Å². The molecule has 0 bridgehead atoms. The summed E-state index contributed by atoms with van der Waals surface area (Å²) in [4.78, 5) is 10.4. The van der Waals surface area contributed by atoms with E-state index in [-0.39, 0.29) is 23.5 Å². The number of nitrogens with zero attached hydrogens (tertiary/aromatic N) is 1. The topological polar surface area (TPSA) is 84.6 Å². The van der Waals surface area contributed by atoms with E-state index in [9.17, 15) is 15.2 Å². The fourth-order valence-corrected chi connectivity index (χ4v) is 1.90. The smallest absolute Gasteiger partial charge is 0.311 e. The lowest BCUT2D eigenvalue weighted by Gasteiger charge is -2.14. The maximum Gasteiger partial charge on any atom is 0.311 e. The molecule has 0 radical (unpaired) electrons. The van der Waals surface area contributed by atoms with Crippen LogP contribution in [0.25, 0.3) is 0 Å². The molecular formula is C13H18N2O4. The average molecular weight is 266 g/mol. The number of aliphatic hydroxyl groups is 1. The monoisotopic (exact) mass is 266 g/mol. The van der Waals surface area contributed by atoms with Gasteiger partial charge in [-0.1, -0.05) is 0 Å². The summed E-state index contributed by atoms with van der Waals surface area (Å²) >= 11 is 0. The van der Waals surface area contributed by atoms with E-state index in [1.807, 2.05) is 0 Å². The van der Waals surface area contributed by atoms with Crippen LogP contribution in [0.3, 0.4) is 0 Å². The third-order valence-corrected chi connectivity index (χ3v) is 3.42. The van der Waals surface area contributed by atoms with Crippen molar-refractivity contribution in [2.45, 2.75) is 19.8 Å². The van der Waals surface area contributed by atoms with Crippen molar-refractivity contribution >= 4 is 11.4 Å². The molecule has 1 aromatic rings. The lowest BCUT2D eigenvalue weighted by atomic mass is 10.1. The Balaban J connectivity index is 2.09. The fraction of sp³-hybridized carbons (Fsp3) is 0.538. The van der Waals surface area contributed by atoms with Gasteiger partial charge >= 0.3 is 5.69 Å². The predicted molar refractivity (Wildman–Crippen MR) is 71.5 cm³/mol. The Morgan fingerprint density at radius 3 is 2.79 bits per heavy atom. The second kappa shape index (κ2) is 5.44. The normalized spacial score (nSPS) is 15.9. The largest absolute Gasteiger partial charge is 0.487 e.